The van der Waals surface area contributed by atoms with Crippen molar-refractivity contribution in [2.45, 2.75) is 64.1 Å². The summed E-state index contributed by atoms with van der Waals surface area (Å²) in [5.41, 5.74) is 1.58. The van der Waals surface area contributed by atoms with Crippen molar-refractivity contribution in [1.82, 2.24) is 10.2 Å². The molecule has 3 rings (SSSR count). The van der Waals surface area contributed by atoms with Crippen molar-refractivity contribution in [3.05, 3.63) is 21.9 Å². The highest BCUT2D eigenvalue weighted by Crippen LogP contribution is 2.34. The Labute approximate surface area is 121 Å². The quantitative estimate of drug-likeness (QED) is 0.909. The van der Waals surface area contributed by atoms with E-state index in [4.69, 9.17) is 0 Å². The Bertz CT molecular complexity index is 409. The largest absolute Gasteiger partial charge is 0.314 e. The average Bonchev–Trinajstić information content (AvgIpc) is 2.89. The van der Waals surface area contributed by atoms with Crippen LogP contribution in [0.1, 0.15) is 56.0 Å². The second-order valence-electron chi connectivity index (χ2n) is 6.19. The first-order valence-electron chi connectivity index (χ1n) is 7.81. The molecule has 3 unspecified atom stereocenters. The molecule has 19 heavy (non-hydrogen) atoms. The summed E-state index contributed by atoms with van der Waals surface area (Å²) >= 11 is 1.94. The number of hydrogen-bond acceptors (Lipinski definition) is 3. The van der Waals surface area contributed by atoms with Gasteiger partial charge in [-0.3, -0.25) is 4.90 Å². The van der Waals surface area contributed by atoms with Crippen LogP contribution in [0.3, 0.4) is 0 Å². The topological polar surface area (TPSA) is 15.3 Å². The molecular weight excluding hydrogens is 252 g/mol. The summed E-state index contributed by atoms with van der Waals surface area (Å²) in [4.78, 5) is 4.33. The Hall–Kier alpha value is -0.380. The monoisotopic (exact) mass is 278 g/mol. The summed E-state index contributed by atoms with van der Waals surface area (Å²) in [6, 6.07) is 4.38. The van der Waals surface area contributed by atoms with Crippen LogP contribution in [0.4, 0.5) is 0 Å². The van der Waals surface area contributed by atoms with E-state index in [9.17, 15) is 0 Å². The summed E-state index contributed by atoms with van der Waals surface area (Å²) in [6.07, 6.45) is 6.71. The molecule has 0 amide bonds. The summed E-state index contributed by atoms with van der Waals surface area (Å²) in [6.45, 7) is 7.27. The van der Waals surface area contributed by atoms with Gasteiger partial charge >= 0.3 is 0 Å². The summed E-state index contributed by atoms with van der Waals surface area (Å²) in [5.74, 6) is 0. The van der Waals surface area contributed by atoms with Crippen LogP contribution in [0.5, 0.6) is 0 Å². The maximum atomic E-state index is 3.69. The zero-order valence-corrected chi connectivity index (χ0v) is 13.0. The van der Waals surface area contributed by atoms with Gasteiger partial charge in [0.05, 0.1) is 0 Å². The molecular formula is C16H26N2S. The number of piperidine rings is 1. The maximum Gasteiger partial charge on any atom is 0.0333 e. The Morgan fingerprint density at radius 2 is 2.37 bits per heavy atom. The smallest absolute Gasteiger partial charge is 0.0333 e. The van der Waals surface area contributed by atoms with E-state index in [1.165, 1.54) is 45.2 Å². The number of thiophene rings is 1. The Morgan fingerprint density at radius 1 is 1.47 bits per heavy atom. The average molecular weight is 278 g/mol. The van der Waals surface area contributed by atoms with Gasteiger partial charge < -0.3 is 5.32 Å². The molecule has 2 aliphatic rings. The number of nitrogens with zero attached hydrogens (tertiary/aromatic N) is 1. The number of fused-ring (bicyclic) bond motifs is 1. The van der Waals surface area contributed by atoms with E-state index in [0.717, 1.165) is 6.04 Å². The van der Waals surface area contributed by atoms with Crippen molar-refractivity contribution in [3.63, 3.8) is 0 Å². The normalized spacial score (nSPS) is 30.0. The van der Waals surface area contributed by atoms with Gasteiger partial charge in [-0.25, -0.2) is 0 Å². The van der Waals surface area contributed by atoms with E-state index in [0.29, 0.717) is 12.1 Å². The molecule has 0 radical (unpaired) electrons. The Balaban J connectivity index is 1.62. The molecule has 3 heterocycles. The van der Waals surface area contributed by atoms with E-state index in [-0.39, 0.29) is 0 Å². The lowest BCUT2D eigenvalue weighted by Gasteiger charge is -2.40. The second-order valence-corrected chi connectivity index (χ2v) is 7.20. The second kappa shape index (κ2) is 5.94. The van der Waals surface area contributed by atoms with Crippen molar-refractivity contribution < 1.29 is 0 Å². The zero-order valence-electron chi connectivity index (χ0n) is 12.2. The predicted octanol–water partition coefficient (Wildman–Crippen LogP) is 3.59. The third-order valence-electron chi connectivity index (χ3n) is 4.93. The van der Waals surface area contributed by atoms with Crippen LogP contribution in [-0.2, 0) is 6.42 Å². The molecule has 0 bridgehead atoms. The fraction of sp³-hybridized carbons (Fsp3) is 0.750. The lowest BCUT2D eigenvalue weighted by Crippen LogP contribution is -2.44. The van der Waals surface area contributed by atoms with Gasteiger partial charge in [0, 0.05) is 29.5 Å². The van der Waals surface area contributed by atoms with Crippen LogP contribution in [-0.4, -0.2) is 30.1 Å². The van der Waals surface area contributed by atoms with Crippen molar-refractivity contribution in [1.29, 1.82) is 0 Å². The Kier molecular flexibility index (Phi) is 4.25. The van der Waals surface area contributed by atoms with Crippen LogP contribution >= 0.6 is 11.3 Å². The number of rotatable bonds is 3. The van der Waals surface area contributed by atoms with Crippen LogP contribution in [0.25, 0.3) is 0 Å². The number of nitrogens with one attached hydrogen (secondary N) is 1. The first kappa shape index (κ1) is 13.6. The van der Waals surface area contributed by atoms with Crippen molar-refractivity contribution >= 4 is 11.3 Å². The molecule has 3 heteroatoms. The molecule has 2 aliphatic heterocycles. The van der Waals surface area contributed by atoms with Gasteiger partial charge in [0.25, 0.3) is 0 Å². The van der Waals surface area contributed by atoms with Crippen LogP contribution in [0, 0.1) is 0 Å². The molecule has 0 saturated carbocycles. The van der Waals surface area contributed by atoms with Gasteiger partial charge in [-0.1, -0.05) is 6.42 Å². The van der Waals surface area contributed by atoms with Gasteiger partial charge in [0.1, 0.15) is 0 Å². The van der Waals surface area contributed by atoms with Gasteiger partial charge in [-0.2, -0.15) is 0 Å². The van der Waals surface area contributed by atoms with Crippen molar-refractivity contribution in [2.75, 3.05) is 13.1 Å². The van der Waals surface area contributed by atoms with Gasteiger partial charge in [-0.15, -0.1) is 11.3 Å². The maximum absolute atomic E-state index is 3.69. The highest BCUT2D eigenvalue weighted by atomic mass is 32.1. The number of hydrogen-bond donors (Lipinski definition) is 1. The van der Waals surface area contributed by atoms with E-state index < -0.39 is 0 Å². The van der Waals surface area contributed by atoms with E-state index in [1.807, 2.05) is 11.3 Å². The van der Waals surface area contributed by atoms with E-state index in [1.54, 1.807) is 10.4 Å². The fourth-order valence-corrected chi connectivity index (χ4v) is 4.77. The van der Waals surface area contributed by atoms with Gasteiger partial charge in [0.2, 0.25) is 0 Å². The highest BCUT2D eigenvalue weighted by molar-refractivity contribution is 7.10. The Morgan fingerprint density at radius 3 is 3.16 bits per heavy atom. The molecule has 1 saturated heterocycles. The van der Waals surface area contributed by atoms with Crippen molar-refractivity contribution in [2.24, 2.45) is 0 Å². The zero-order chi connectivity index (χ0) is 13.2. The third kappa shape index (κ3) is 2.88. The van der Waals surface area contributed by atoms with Crippen LogP contribution in [0.2, 0.25) is 0 Å². The van der Waals surface area contributed by atoms with Gasteiger partial charge in [0.15, 0.2) is 0 Å². The molecule has 0 aromatic carbocycles. The van der Waals surface area contributed by atoms with E-state index in [2.05, 4.69) is 35.5 Å². The molecule has 3 atom stereocenters. The fourth-order valence-electron chi connectivity index (χ4n) is 3.80. The standard InChI is InChI=1S/C16H26N2S/c1-12(11-14-5-3-4-8-17-14)18-9-6-16-15(13(18)2)7-10-19-16/h7,10,12-14,17H,3-6,8-9,11H2,1-2H3. The minimum absolute atomic E-state index is 0.605. The van der Waals surface area contributed by atoms with Crippen molar-refractivity contribution in [3.8, 4) is 0 Å². The molecule has 1 aromatic heterocycles. The summed E-state index contributed by atoms with van der Waals surface area (Å²) < 4.78 is 0. The predicted molar refractivity (Wildman–Crippen MR) is 82.9 cm³/mol. The first-order chi connectivity index (χ1) is 9.25. The minimum Gasteiger partial charge on any atom is -0.314 e. The summed E-state index contributed by atoms with van der Waals surface area (Å²) in [5, 5.41) is 5.96. The summed E-state index contributed by atoms with van der Waals surface area (Å²) in [7, 11) is 0. The molecule has 1 aromatic rings. The van der Waals surface area contributed by atoms with Gasteiger partial charge in [-0.05, 0) is 63.1 Å². The third-order valence-corrected chi connectivity index (χ3v) is 5.93. The SMILES string of the molecule is CC(CC1CCCCN1)N1CCc2sccc2C1C. The minimum atomic E-state index is 0.605. The lowest BCUT2D eigenvalue weighted by atomic mass is 9.94. The van der Waals surface area contributed by atoms with Crippen LogP contribution in [0.15, 0.2) is 11.4 Å². The molecule has 2 nitrogen and oxygen atoms in total. The molecule has 1 N–H and O–H groups in total. The van der Waals surface area contributed by atoms with Crippen LogP contribution < -0.4 is 5.32 Å². The molecule has 106 valence electrons. The first-order valence-corrected chi connectivity index (χ1v) is 8.69. The van der Waals surface area contributed by atoms with E-state index >= 15 is 0 Å². The molecule has 0 aliphatic carbocycles. The lowest BCUT2D eigenvalue weighted by molar-refractivity contribution is 0.126. The molecule has 0 spiro atoms. The highest BCUT2D eigenvalue weighted by Gasteiger charge is 2.29. The molecule has 1 fully saturated rings.